The Labute approximate surface area is 114 Å². The van der Waals surface area contributed by atoms with Gasteiger partial charge in [0, 0.05) is 0 Å². The van der Waals surface area contributed by atoms with Gasteiger partial charge in [-0.05, 0) is 37.5 Å². The Hall–Kier alpha value is -0.260. The van der Waals surface area contributed by atoms with Crippen LogP contribution in [0.25, 0.3) is 0 Å². The summed E-state index contributed by atoms with van der Waals surface area (Å²) < 4.78 is 0. The summed E-state index contributed by atoms with van der Waals surface area (Å²) >= 11 is 0. The van der Waals surface area contributed by atoms with E-state index in [4.69, 9.17) is 0 Å². The third-order valence-electron chi connectivity index (χ3n) is 5.28. The maximum atomic E-state index is 4.43. The van der Waals surface area contributed by atoms with Crippen LogP contribution in [0.1, 0.15) is 89.9 Å². The topological polar surface area (TPSA) is 0 Å². The second-order valence-electron chi connectivity index (χ2n) is 6.74. The monoisotopic (exact) mass is 248 g/mol. The molecule has 0 amide bonds. The summed E-state index contributed by atoms with van der Waals surface area (Å²) in [6.45, 7) is 4.43. The van der Waals surface area contributed by atoms with Gasteiger partial charge in [-0.3, -0.25) is 0 Å². The number of allylic oxidation sites excluding steroid dienone is 1. The first-order valence-electron chi connectivity index (χ1n) is 8.54. The largest absolute Gasteiger partial charge is 0.0996 e. The number of hydrogen-bond acceptors (Lipinski definition) is 0. The van der Waals surface area contributed by atoms with Crippen molar-refractivity contribution in [1.82, 2.24) is 0 Å². The van der Waals surface area contributed by atoms with E-state index in [1.54, 1.807) is 5.57 Å². The minimum absolute atomic E-state index is 0.873. The Kier molecular flexibility index (Phi) is 6.31. The molecule has 0 heteroatoms. The molecule has 2 fully saturated rings. The first-order valence-corrected chi connectivity index (χ1v) is 8.54. The molecule has 0 radical (unpaired) electrons. The van der Waals surface area contributed by atoms with Crippen LogP contribution in [0.15, 0.2) is 12.2 Å². The van der Waals surface area contributed by atoms with Crippen LogP contribution in [0, 0.1) is 11.8 Å². The summed E-state index contributed by atoms with van der Waals surface area (Å²) in [5.41, 5.74) is 1.60. The quantitative estimate of drug-likeness (QED) is 0.406. The summed E-state index contributed by atoms with van der Waals surface area (Å²) in [4.78, 5) is 0. The van der Waals surface area contributed by atoms with Crippen LogP contribution in [0.3, 0.4) is 0 Å². The molecule has 18 heavy (non-hydrogen) atoms. The van der Waals surface area contributed by atoms with E-state index in [2.05, 4.69) is 6.58 Å². The highest BCUT2D eigenvalue weighted by Crippen LogP contribution is 2.33. The maximum absolute atomic E-state index is 4.43. The van der Waals surface area contributed by atoms with Gasteiger partial charge in [0.15, 0.2) is 0 Å². The predicted molar refractivity (Wildman–Crippen MR) is 80.8 cm³/mol. The van der Waals surface area contributed by atoms with Crippen LogP contribution < -0.4 is 0 Å². The summed E-state index contributed by atoms with van der Waals surface area (Å²) in [6.07, 6.45) is 20.4. The zero-order valence-corrected chi connectivity index (χ0v) is 12.3. The molecule has 0 spiro atoms. The van der Waals surface area contributed by atoms with E-state index in [1.165, 1.54) is 89.9 Å². The molecule has 0 N–H and O–H groups in total. The first-order chi connectivity index (χ1) is 8.86. The predicted octanol–water partition coefficient (Wildman–Crippen LogP) is 6.26. The van der Waals surface area contributed by atoms with Crippen molar-refractivity contribution >= 4 is 0 Å². The maximum Gasteiger partial charge on any atom is -0.0206 e. The van der Waals surface area contributed by atoms with E-state index < -0.39 is 0 Å². The summed E-state index contributed by atoms with van der Waals surface area (Å²) in [6, 6.07) is 0. The first kappa shape index (κ1) is 14.2. The van der Waals surface area contributed by atoms with E-state index in [9.17, 15) is 0 Å². The highest BCUT2D eigenvalue weighted by molar-refractivity contribution is 5.01. The van der Waals surface area contributed by atoms with Gasteiger partial charge in [-0.1, -0.05) is 76.4 Å². The molecule has 0 saturated heterocycles. The molecular weight excluding hydrogens is 216 g/mol. The van der Waals surface area contributed by atoms with Gasteiger partial charge < -0.3 is 0 Å². The van der Waals surface area contributed by atoms with Crippen LogP contribution in [0.2, 0.25) is 0 Å². The minimum atomic E-state index is 0.873. The Balaban J connectivity index is 1.69. The Bertz CT molecular complexity index is 224. The molecule has 104 valence electrons. The third-order valence-corrected chi connectivity index (χ3v) is 5.28. The van der Waals surface area contributed by atoms with Crippen LogP contribution in [-0.4, -0.2) is 0 Å². The SMILES string of the molecule is C=C(CCC1CCCCCC1)C1CCCCCC1. The second kappa shape index (κ2) is 8.02. The molecule has 0 aliphatic heterocycles. The van der Waals surface area contributed by atoms with Crippen molar-refractivity contribution in [1.29, 1.82) is 0 Å². The molecule has 0 bridgehead atoms. The summed E-state index contributed by atoms with van der Waals surface area (Å²) in [5.74, 6) is 1.90. The number of hydrogen-bond donors (Lipinski definition) is 0. The van der Waals surface area contributed by atoms with E-state index >= 15 is 0 Å². The molecule has 2 saturated carbocycles. The summed E-state index contributed by atoms with van der Waals surface area (Å²) in [7, 11) is 0. The van der Waals surface area contributed by atoms with Crippen LogP contribution >= 0.6 is 0 Å². The zero-order valence-electron chi connectivity index (χ0n) is 12.3. The van der Waals surface area contributed by atoms with Crippen molar-refractivity contribution in [3.63, 3.8) is 0 Å². The number of rotatable bonds is 4. The lowest BCUT2D eigenvalue weighted by molar-refractivity contribution is 0.411. The minimum Gasteiger partial charge on any atom is -0.0996 e. The second-order valence-corrected chi connectivity index (χ2v) is 6.74. The van der Waals surface area contributed by atoms with Crippen molar-refractivity contribution in [3.8, 4) is 0 Å². The van der Waals surface area contributed by atoms with Crippen LogP contribution in [-0.2, 0) is 0 Å². The molecule has 0 aromatic carbocycles. The van der Waals surface area contributed by atoms with Crippen molar-refractivity contribution in [2.24, 2.45) is 11.8 Å². The fourth-order valence-corrected chi connectivity index (χ4v) is 3.93. The van der Waals surface area contributed by atoms with Gasteiger partial charge in [-0.2, -0.15) is 0 Å². The fourth-order valence-electron chi connectivity index (χ4n) is 3.93. The van der Waals surface area contributed by atoms with E-state index in [-0.39, 0.29) is 0 Å². The highest BCUT2D eigenvalue weighted by atomic mass is 14.2. The van der Waals surface area contributed by atoms with Crippen LogP contribution in [0.5, 0.6) is 0 Å². The molecule has 2 aliphatic carbocycles. The lowest BCUT2D eigenvalue weighted by Gasteiger charge is -2.20. The zero-order chi connectivity index (χ0) is 12.6. The van der Waals surface area contributed by atoms with E-state index in [1.807, 2.05) is 0 Å². The van der Waals surface area contributed by atoms with Crippen molar-refractivity contribution in [3.05, 3.63) is 12.2 Å². The van der Waals surface area contributed by atoms with Gasteiger partial charge in [0.05, 0.1) is 0 Å². The highest BCUT2D eigenvalue weighted by Gasteiger charge is 2.17. The van der Waals surface area contributed by atoms with Gasteiger partial charge in [-0.15, -0.1) is 0 Å². The van der Waals surface area contributed by atoms with Crippen molar-refractivity contribution < 1.29 is 0 Å². The Morgan fingerprint density at radius 2 is 1.22 bits per heavy atom. The molecule has 0 aromatic heterocycles. The normalized spacial score (nSPS) is 24.4. The molecular formula is C18H32. The molecule has 0 nitrogen and oxygen atoms in total. The molecule has 2 rings (SSSR count). The third kappa shape index (κ3) is 4.78. The average molecular weight is 248 g/mol. The standard InChI is InChI=1S/C18H32/c1-16(18-12-8-4-5-9-13-18)14-15-17-10-6-2-3-7-11-17/h17-18H,1-15H2. The molecule has 0 unspecified atom stereocenters. The van der Waals surface area contributed by atoms with Gasteiger partial charge in [0.25, 0.3) is 0 Å². The smallest absolute Gasteiger partial charge is 0.0206 e. The lowest BCUT2D eigenvalue weighted by atomic mass is 9.86. The van der Waals surface area contributed by atoms with Crippen molar-refractivity contribution in [2.45, 2.75) is 89.9 Å². The van der Waals surface area contributed by atoms with Gasteiger partial charge in [-0.25, -0.2) is 0 Å². The van der Waals surface area contributed by atoms with Crippen molar-refractivity contribution in [2.75, 3.05) is 0 Å². The van der Waals surface area contributed by atoms with Gasteiger partial charge in [0.2, 0.25) is 0 Å². The summed E-state index contributed by atoms with van der Waals surface area (Å²) in [5, 5.41) is 0. The Morgan fingerprint density at radius 3 is 1.78 bits per heavy atom. The van der Waals surface area contributed by atoms with Gasteiger partial charge >= 0.3 is 0 Å². The fraction of sp³-hybridized carbons (Fsp3) is 0.889. The molecule has 0 atom stereocenters. The average Bonchev–Trinajstić information content (AvgIpc) is 2.80. The van der Waals surface area contributed by atoms with E-state index in [0.717, 1.165) is 11.8 Å². The molecule has 0 aromatic rings. The Morgan fingerprint density at radius 1 is 0.722 bits per heavy atom. The van der Waals surface area contributed by atoms with E-state index in [0.29, 0.717) is 0 Å². The lowest BCUT2D eigenvalue weighted by Crippen LogP contribution is -2.05. The van der Waals surface area contributed by atoms with Crippen LogP contribution in [0.4, 0.5) is 0 Å². The molecule has 0 heterocycles. The van der Waals surface area contributed by atoms with Gasteiger partial charge in [0.1, 0.15) is 0 Å². The molecule has 2 aliphatic rings.